The smallest absolute Gasteiger partial charge is 0.243 e. The zero-order chi connectivity index (χ0) is 21.8. The van der Waals surface area contributed by atoms with Crippen LogP contribution in [0.15, 0.2) is 35.2 Å². The van der Waals surface area contributed by atoms with Gasteiger partial charge in [-0.1, -0.05) is 51.8 Å². The largest absolute Gasteiger partial charge is 0.310 e. The van der Waals surface area contributed by atoms with Gasteiger partial charge in [0.05, 0.1) is 17.1 Å². The van der Waals surface area contributed by atoms with Crippen LogP contribution in [0, 0.1) is 6.92 Å². The average molecular weight is 421 g/mol. The number of hydrogen-bond acceptors (Lipinski definition) is 4. The van der Waals surface area contributed by atoms with Crippen molar-refractivity contribution in [1.82, 2.24) is 14.1 Å². The van der Waals surface area contributed by atoms with Gasteiger partial charge in [-0.25, -0.2) is 8.42 Å². The number of amides is 1. The number of anilines is 1. The summed E-state index contributed by atoms with van der Waals surface area (Å²) in [4.78, 5) is 12.9. The van der Waals surface area contributed by atoms with Gasteiger partial charge in [0.15, 0.2) is 0 Å². The van der Waals surface area contributed by atoms with Crippen LogP contribution in [0.5, 0.6) is 0 Å². The predicted molar refractivity (Wildman–Crippen MR) is 115 cm³/mol. The van der Waals surface area contributed by atoms with E-state index in [1.807, 2.05) is 40.7 Å². The highest BCUT2D eigenvalue weighted by Gasteiger charge is 2.27. The Bertz CT molecular complexity index is 941. The molecule has 0 saturated heterocycles. The lowest BCUT2D eigenvalue weighted by molar-refractivity contribution is -0.116. The molecule has 0 aliphatic carbocycles. The van der Waals surface area contributed by atoms with Gasteiger partial charge in [0.2, 0.25) is 15.9 Å². The third kappa shape index (κ3) is 5.90. The molecule has 0 spiro atoms. The van der Waals surface area contributed by atoms with Crippen LogP contribution in [0.1, 0.15) is 51.8 Å². The number of carbonyl (C=O) groups excluding carboxylic acids is 1. The van der Waals surface area contributed by atoms with Gasteiger partial charge in [-0.15, -0.1) is 0 Å². The third-order valence-corrected chi connectivity index (χ3v) is 6.51. The summed E-state index contributed by atoms with van der Waals surface area (Å²) in [5.74, 6) is 0.156. The van der Waals surface area contributed by atoms with Crippen molar-refractivity contribution in [1.29, 1.82) is 0 Å². The molecule has 2 rings (SSSR count). The standard InChI is InChI=1S/C21H32N4O3S/c1-7-8-13-25(29(27,28)17-11-9-16(2)10-12-17)15-20(26)22-19-14-18(21(3,4)5)23-24(19)6/h9-12,14H,7-8,13,15H2,1-6H3,(H,22,26). The molecule has 0 aliphatic heterocycles. The number of aromatic nitrogens is 2. The summed E-state index contributed by atoms with van der Waals surface area (Å²) in [7, 11) is -2.00. The summed E-state index contributed by atoms with van der Waals surface area (Å²) in [6.07, 6.45) is 1.51. The lowest BCUT2D eigenvalue weighted by Crippen LogP contribution is -2.38. The van der Waals surface area contributed by atoms with Gasteiger partial charge in [-0.05, 0) is 25.5 Å². The highest BCUT2D eigenvalue weighted by Crippen LogP contribution is 2.23. The SMILES string of the molecule is CCCCN(CC(=O)Nc1cc(C(C)(C)C)nn1C)S(=O)(=O)c1ccc(C)cc1. The quantitative estimate of drug-likeness (QED) is 0.709. The zero-order valence-corrected chi connectivity index (χ0v) is 19.0. The molecular formula is C21H32N4O3S. The van der Waals surface area contributed by atoms with Crippen molar-refractivity contribution in [3.8, 4) is 0 Å². The van der Waals surface area contributed by atoms with Crippen molar-refractivity contribution < 1.29 is 13.2 Å². The first-order chi connectivity index (χ1) is 13.4. The number of benzene rings is 1. The summed E-state index contributed by atoms with van der Waals surface area (Å²) in [5, 5.41) is 7.24. The van der Waals surface area contributed by atoms with Gasteiger partial charge in [0.25, 0.3) is 0 Å². The molecule has 0 bridgehead atoms. The van der Waals surface area contributed by atoms with E-state index in [0.29, 0.717) is 18.8 Å². The molecule has 1 aromatic heterocycles. The minimum absolute atomic E-state index is 0.150. The van der Waals surface area contributed by atoms with Crippen molar-refractivity contribution in [2.75, 3.05) is 18.4 Å². The van der Waals surface area contributed by atoms with Gasteiger partial charge < -0.3 is 5.32 Å². The Kier molecular flexibility index (Phi) is 7.24. The van der Waals surface area contributed by atoms with Crippen molar-refractivity contribution in [2.24, 2.45) is 7.05 Å². The monoisotopic (exact) mass is 420 g/mol. The second kappa shape index (κ2) is 9.09. The summed E-state index contributed by atoms with van der Waals surface area (Å²) < 4.78 is 29.0. The summed E-state index contributed by atoms with van der Waals surface area (Å²) in [5.41, 5.74) is 1.68. The normalized spacial score (nSPS) is 12.4. The minimum atomic E-state index is -3.76. The van der Waals surface area contributed by atoms with Crippen LogP contribution in [-0.2, 0) is 27.3 Å². The van der Waals surface area contributed by atoms with Crippen LogP contribution in [0.4, 0.5) is 5.82 Å². The average Bonchev–Trinajstić information content (AvgIpc) is 2.99. The van der Waals surface area contributed by atoms with E-state index in [0.717, 1.165) is 17.7 Å². The summed E-state index contributed by atoms with van der Waals surface area (Å²) in [6.45, 7) is 10.1. The molecule has 1 N–H and O–H groups in total. The Morgan fingerprint density at radius 1 is 1.21 bits per heavy atom. The number of sulfonamides is 1. The predicted octanol–water partition coefficient (Wildman–Crippen LogP) is 3.46. The molecule has 0 unspecified atom stereocenters. The number of aryl methyl sites for hydroxylation is 2. The highest BCUT2D eigenvalue weighted by atomic mass is 32.2. The molecule has 160 valence electrons. The third-order valence-electron chi connectivity index (χ3n) is 4.66. The van der Waals surface area contributed by atoms with Crippen LogP contribution in [-0.4, -0.2) is 41.5 Å². The van der Waals surface area contributed by atoms with Crippen molar-refractivity contribution in [3.05, 3.63) is 41.6 Å². The molecule has 1 heterocycles. The molecule has 0 fully saturated rings. The van der Waals surface area contributed by atoms with Crippen LogP contribution < -0.4 is 5.32 Å². The molecule has 8 heteroatoms. The van der Waals surface area contributed by atoms with Crippen molar-refractivity contribution in [2.45, 2.75) is 57.8 Å². The van der Waals surface area contributed by atoms with Gasteiger partial charge in [-0.2, -0.15) is 9.40 Å². The molecule has 29 heavy (non-hydrogen) atoms. The van der Waals surface area contributed by atoms with Crippen molar-refractivity contribution >= 4 is 21.7 Å². The molecule has 2 aromatic rings. The first kappa shape index (κ1) is 23.1. The fourth-order valence-corrected chi connectivity index (χ4v) is 4.21. The molecule has 0 radical (unpaired) electrons. The topological polar surface area (TPSA) is 84.3 Å². The first-order valence-corrected chi connectivity index (χ1v) is 11.3. The number of carbonyl (C=O) groups is 1. The molecule has 0 atom stereocenters. The maximum absolute atomic E-state index is 13.1. The number of nitrogens with one attached hydrogen (secondary N) is 1. The fourth-order valence-electron chi connectivity index (χ4n) is 2.77. The van der Waals surface area contributed by atoms with Crippen LogP contribution in [0.25, 0.3) is 0 Å². The molecule has 0 saturated carbocycles. The van der Waals surface area contributed by atoms with Crippen molar-refractivity contribution in [3.63, 3.8) is 0 Å². The second-order valence-electron chi connectivity index (χ2n) is 8.34. The zero-order valence-electron chi connectivity index (χ0n) is 18.2. The molecule has 1 amide bonds. The van der Waals surface area contributed by atoms with Crippen LogP contribution in [0.3, 0.4) is 0 Å². The lowest BCUT2D eigenvalue weighted by atomic mass is 9.92. The second-order valence-corrected chi connectivity index (χ2v) is 10.3. The maximum atomic E-state index is 13.1. The molecular weight excluding hydrogens is 388 g/mol. The maximum Gasteiger partial charge on any atom is 0.243 e. The van der Waals surface area contributed by atoms with Crippen LogP contribution in [0.2, 0.25) is 0 Å². The number of unbranched alkanes of at least 4 members (excludes halogenated alkanes) is 1. The van der Waals surface area contributed by atoms with Gasteiger partial charge >= 0.3 is 0 Å². The minimum Gasteiger partial charge on any atom is -0.310 e. The van der Waals surface area contributed by atoms with Gasteiger partial charge in [0, 0.05) is 25.1 Å². The Labute approximate surface area is 174 Å². The van der Waals surface area contributed by atoms with Gasteiger partial charge in [-0.3, -0.25) is 9.48 Å². The number of hydrogen-bond donors (Lipinski definition) is 1. The van der Waals surface area contributed by atoms with E-state index in [9.17, 15) is 13.2 Å². The van der Waals surface area contributed by atoms with E-state index in [-0.39, 0.29) is 22.8 Å². The lowest BCUT2D eigenvalue weighted by Gasteiger charge is -2.21. The van der Waals surface area contributed by atoms with E-state index in [2.05, 4.69) is 10.4 Å². The Morgan fingerprint density at radius 3 is 2.34 bits per heavy atom. The molecule has 0 aliphatic rings. The number of rotatable bonds is 8. The number of nitrogens with zero attached hydrogens (tertiary/aromatic N) is 3. The van der Waals surface area contributed by atoms with E-state index in [1.165, 1.54) is 4.31 Å². The molecule has 7 nitrogen and oxygen atoms in total. The first-order valence-electron chi connectivity index (χ1n) is 9.86. The van der Waals surface area contributed by atoms with Gasteiger partial charge in [0.1, 0.15) is 5.82 Å². The fraction of sp³-hybridized carbons (Fsp3) is 0.524. The van der Waals surface area contributed by atoms with E-state index >= 15 is 0 Å². The van der Waals surface area contributed by atoms with E-state index in [4.69, 9.17) is 0 Å². The highest BCUT2D eigenvalue weighted by molar-refractivity contribution is 7.89. The van der Waals surface area contributed by atoms with E-state index < -0.39 is 10.0 Å². The molecule has 1 aromatic carbocycles. The Morgan fingerprint density at radius 2 is 1.83 bits per heavy atom. The summed E-state index contributed by atoms with van der Waals surface area (Å²) in [6, 6.07) is 8.50. The Balaban J connectivity index is 2.20. The van der Waals surface area contributed by atoms with Crippen LogP contribution >= 0.6 is 0 Å². The summed E-state index contributed by atoms with van der Waals surface area (Å²) >= 11 is 0. The Hall–Kier alpha value is -2.19. The van der Waals surface area contributed by atoms with E-state index in [1.54, 1.807) is 36.0 Å².